The van der Waals surface area contributed by atoms with Crippen molar-refractivity contribution in [3.63, 3.8) is 0 Å². The van der Waals surface area contributed by atoms with Crippen molar-refractivity contribution < 1.29 is 14.7 Å². The Bertz CT molecular complexity index is 607. The zero-order chi connectivity index (χ0) is 20.4. The Kier molecular flexibility index (Phi) is 5.20. The van der Waals surface area contributed by atoms with E-state index in [9.17, 15) is 14.7 Å². The molecule has 3 saturated carbocycles. The SMILES string of the molecule is CC(=O)C1(C(C)=O)C[C@@H](C)[C@@H]2CC[C@]3(C)C(O)CC[C@@H](C)[C@H]3C[C@H]1C2(C)C. The van der Waals surface area contributed by atoms with Crippen molar-refractivity contribution in [1.29, 1.82) is 0 Å². The van der Waals surface area contributed by atoms with Gasteiger partial charge in [0, 0.05) is 0 Å². The highest BCUT2D eigenvalue weighted by atomic mass is 16.3. The summed E-state index contributed by atoms with van der Waals surface area (Å²) in [6.07, 6.45) is 5.41. The summed E-state index contributed by atoms with van der Waals surface area (Å²) in [5.41, 5.74) is -0.987. The molecule has 2 bridgehead atoms. The van der Waals surface area contributed by atoms with E-state index in [0.717, 1.165) is 32.1 Å². The molecule has 0 aromatic heterocycles. The predicted octanol–water partition coefficient (Wildman–Crippen LogP) is 5.05. The Morgan fingerprint density at radius 2 is 1.48 bits per heavy atom. The second kappa shape index (κ2) is 6.68. The quantitative estimate of drug-likeness (QED) is 0.686. The van der Waals surface area contributed by atoms with Crippen LogP contribution in [0.25, 0.3) is 0 Å². The Hall–Kier alpha value is -0.700. The molecule has 0 spiro atoms. The number of aliphatic hydroxyl groups is 1. The first-order valence-electron chi connectivity index (χ1n) is 11.1. The lowest BCUT2D eigenvalue weighted by molar-refractivity contribution is -0.176. The number of rotatable bonds is 2. The Labute approximate surface area is 165 Å². The second-order valence-corrected chi connectivity index (χ2v) is 11.2. The van der Waals surface area contributed by atoms with Gasteiger partial charge in [-0.2, -0.15) is 0 Å². The fourth-order valence-corrected chi connectivity index (χ4v) is 8.03. The van der Waals surface area contributed by atoms with Gasteiger partial charge in [-0.1, -0.05) is 34.6 Å². The highest BCUT2D eigenvalue weighted by molar-refractivity contribution is 6.05. The van der Waals surface area contributed by atoms with Crippen molar-refractivity contribution >= 4 is 11.6 Å². The van der Waals surface area contributed by atoms with E-state index in [1.807, 2.05) is 0 Å². The van der Waals surface area contributed by atoms with Crippen LogP contribution in [0.15, 0.2) is 0 Å². The van der Waals surface area contributed by atoms with Crippen LogP contribution in [-0.4, -0.2) is 22.8 Å². The Balaban J connectivity index is 2.16. The van der Waals surface area contributed by atoms with E-state index >= 15 is 0 Å². The smallest absolute Gasteiger partial charge is 0.143 e. The minimum Gasteiger partial charge on any atom is -0.393 e. The molecule has 3 aliphatic carbocycles. The maximum Gasteiger partial charge on any atom is 0.143 e. The number of aliphatic hydroxyl groups excluding tert-OH is 1. The first-order valence-corrected chi connectivity index (χ1v) is 11.1. The number of hydrogen-bond donors (Lipinski definition) is 1. The van der Waals surface area contributed by atoms with E-state index in [4.69, 9.17) is 0 Å². The number of carbonyl (C=O) groups excluding carboxylic acids is 2. The minimum absolute atomic E-state index is 0.0432. The van der Waals surface area contributed by atoms with Crippen molar-refractivity contribution in [1.82, 2.24) is 0 Å². The fraction of sp³-hybridized carbons (Fsp3) is 0.917. The van der Waals surface area contributed by atoms with Crippen LogP contribution < -0.4 is 0 Å². The normalized spacial score (nSPS) is 45.9. The summed E-state index contributed by atoms with van der Waals surface area (Å²) < 4.78 is 0. The van der Waals surface area contributed by atoms with Crippen LogP contribution in [0.1, 0.15) is 87.0 Å². The second-order valence-electron chi connectivity index (χ2n) is 11.2. The maximum absolute atomic E-state index is 13.0. The molecule has 1 unspecified atom stereocenters. The minimum atomic E-state index is -0.847. The molecule has 0 radical (unpaired) electrons. The van der Waals surface area contributed by atoms with E-state index in [0.29, 0.717) is 30.1 Å². The van der Waals surface area contributed by atoms with Gasteiger partial charge in [0.2, 0.25) is 0 Å². The number of ketones is 2. The van der Waals surface area contributed by atoms with Gasteiger partial charge in [0.15, 0.2) is 0 Å². The largest absolute Gasteiger partial charge is 0.393 e. The van der Waals surface area contributed by atoms with Gasteiger partial charge in [0.1, 0.15) is 11.6 Å². The van der Waals surface area contributed by atoms with E-state index < -0.39 is 5.41 Å². The molecule has 7 atom stereocenters. The summed E-state index contributed by atoms with van der Waals surface area (Å²) >= 11 is 0. The van der Waals surface area contributed by atoms with Gasteiger partial charge in [0.25, 0.3) is 0 Å². The molecule has 3 aliphatic rings. The van der Waals surface area contributed by atoms with Crippen LogP contribution in [0.4, 0.5) is 0 Å². The lowest BCUT2D eigenvalue weighted by Gasteiger charge is -2.62. The van der Waals surface area contributed by atoms with Crippen LogP contribution >= 0.6 is 0 Å². The van der Waals surface area contributed by atoms with Gasteiger partial charge in [-0.15, -0.1) is 0 Å². The monoisotopic (exact) mass is 376 g/mol. The molecule has 3 fully saturated rings. The maximum atomic E-state index is 13.0. The zero-order valence-electron chi connectivity index (χ0n) is 18.5. The highest BCUT2D eigenvalue weighted by Gasteiger charge is 2.63. The Morgan fingerprint density at radius 3 is 2.04 bits per heavy atom. The summed E-state index contributed by atoms with van der Waals surface area (Å²) in [7, 11) is 0. The van der Waals surface area contributed by atoms with E-state index in [-0.39, 0.29) is 34.4 Å². The molecule has 0 heterocycles. The van der Waals surface area contributed by atoms with Gasteiger partial charge in [-0.25, -0.2) is 0 Å². The number of fused-ring (bicyclic) bond motifs is 3. The van der Waals surface area contributed by atoms with E-state index in [2.05, 4.69) is 34.6 Å². The van der Waals surface area contributed by atoms with Crippen LogP contribution in [0.2, 0.25) is 0 Å². The molecule has 0 aromatic rings. The molecular formula is C24H40O3. The third kappa shape index (κ3) is 2.86. The molecule has 0 saturated heterocycles. The first kappa shape index (κ1) is 21.0. The highest BCUT2D eigenvalue weighted by Crippen LogP contribution is 2.65. The molecular weight excluding hydrogens is 336 g/mol. The average Bonchev–Trinajstić information content (AvgIpc) is 2.54. The summed E-state index contributed by atoms with van der Waals surface area (Å²) in [6.45, 7) is 14.7. The average molecular weight is 377 g/mol. The van der Waals surface area contributed by atoms with Crippen LogP contribution in [0, 0.1) is 45.8 Å². The van der Waals surface area contributed by atoms with Gasteiger partial charge < -0.3 is 5.11 Å². The molecule has 27 heavy (non-hydrogen) atoms. The summed E-state index contributed by atoms with van der Waals surface area (Å²) in [4.78, 5) is 26.0. The molecule has 3 nitrogen and oxygen atoms in total. The number of carbonyl (C=O) groups is 2. The van der Waals surface area contributed by atoms with Crippen LogP contribution in [0.3, 0.4) is 0 Å². The zero-order valence-corrected chi connectivity index (χ0v) is 18.5. The molecule has 0 aromatic carbocycles. The molecule has 3 heteroatoms. The third-order valence-corrected chi connectivity index (χ3v) is 9.71. The van der Waals surface area contributed by atoms with Gasteiger partial charge >= 0.3 is 0 Å². The van der Waals surface area contributed by atoms with Gasteiger partial charge in [-0.05, 0) is 92.8 Å². The van der Waals surface area contributed by atoms with Crippen molar-refractivity contribution in [3.8, 4) is 0 Å². The standard InChI is InChI=1S/C24H40O3/c1-14-8-9-21(27)23(7)11-10-18-15(2)13-24(16(3)25,17(4)26)20(12-19(14)23)22(18,5)6/h14-15,18-21,27H,8-13H2,1-7H3/t14-,15-,18+,19-,20+,21?,23+/m1/s1. The van der Waals surface area contributed by atoms with Gasteiger partial charge in [-0.3, -0.25) is 9.59 Å². The summed E-state index contributed by atoms with van der Waals surface area (Å²) in [6, 6.07) is 0. The van der Waals surface area contributed by atoms with Crippen molar-refractivity contribution in [2.45, 2.75) is 93.1 Å². The van der Waals surface area contributed by atoms with E-state index in [1.165, 1.54) is 0 Å². The van der Waals surface area contributed by atoms with E-state index in [1.54, 1.807) is 13.8 Å². The van der Waals surface area contributed by atoms with Crippen LogP contribution in [0.5, 0.6) is 0 Å². The lowest BCUT2D eigenvalue weighted by atomic mass is 9.41. The number of hydrogen-bond acceptors (Lipinski definition) is 3. The topological polar surface area (TPSA) is 54.4 Å². The molecule has 0 amide bonds. The Morgan fingerprint density at radius 1 is 0.889 bits per heavy atom. The summed E-state index contributed by atoms with van der Waals surface area (Å²) in [5.74, 6) is 1.94. The van der Waals surface area contributed by atoms with Crippen molar-refractivity contribution in [3.05, 3.63) is 0 Å². The molecule has 3 rings (SSSR count). The third-order valence-electron chi connectivity index (χ3n) is 9.71. The first-order chi connectivity index (χ1) is 12.4. The van der Waals surface area contributed by atoms with Crippen LogP contribution in [-0.2, 0) is 9.59 Å². The molecule has 0 aliphatic heterocycles. The predicted molar refractivity (Wildman–Crippen MR) is 108 cm³/mol. The lowest BCUT2D eigenvalue weighted by Crippen LogP contribution is -2.61. The van der Waals surface area contributed by atoms with Crippen molar-refractivity contribution in [2.24, 2.45) is 45.8 Å². The molecule has 1 N–H and O–H groups in total. The van der Waals surface area contributed by atoms with Crippen molar-refractivity contribution in [2.75, 3.05) is 0 Å². The molecule has 154 valence electrons. The fourth-order valence-electron chi connectivity index (χ4n) is 8.03. The summed E-state index contributed by atoms with van der Waals surface area (Å²) in [5, 5.41) is 11.0. The number of Topliss-reactive ketones (excluding diaryl/α,β-unsaturated/α-hetero) is 2. The van der Waals surface area contributed by atoms with Gasteiger partial charge in [0.05, 0.1) is 11.5 Å².